The van der Waals surface area contributed by atoms with E-state index in [0.717, 1.165) is 39.9 Å². The van der Waals surface area contributed by atoms with E-state index in [-0.39, 0.29) is 0 Å². The number of pyridine rings is 1. The van der Waals surface area contributed by atoms with Gasteiger partial charge in [0.15, 0.2) is 11.6 Å². The van der Waals surface area contributed by atoms with Gasteiger partial charge in [-0.05, 0) is 43.2 Å². The minimum absolute atomic E-state index is 0.354. The lowest BCUT2D eigenvalue weighted by atomic mass is 10.1. The number of imidazole rings is 1. The molecule has 0 saturated carbocycles. The summed E-state index contributed by atoms with van der Waals surface area (Å²) < 4.78 is 9.38. The van der Waals surface area contributed by atoms with E-state index in [0.29, 0.717) is 23.9 Å². The molecule has 4 aromatic rings. The third-order valence-electron chi connectivity index (χ3n) is 5.06. The van der Waals surface area contributed by atoms with E-state index in [9.17, 15) is 0 Å². The van der Waals surface area contributed by atoms with E-state index in [1.165, 1.54) is 0 Å². The molecule has 0 atom stereocenters. The minimum atomic E-state index is 0.354. The maximum absolute atomic E-state index is 6.29. The topological polar surface area (TPSA) is 70.7 Å². The zero-order chi connectivity index (χ0) is 20.7. The van der Waals surface area contributed by atoms with Crippen molar-refractivity contribution in [1.29, 1.82) is 0 Å². The summed E-state index contributed by atoms with van der Waals surface area (Å²) in [6.45, 7) is 2.81. The molecule has 1 aromatic carbocycles. The molecule has 0 radical (unpaired) electrons. The van der Waals surface area contributed by atoms with Crippen LogP contribution in [0.1, 0.15) is 28.5 Å². The average Bonchev–Trinajstić information content (AvgIpc) is 3.29. The van der Waals surface area contributed by atoms with Crippen molar-refractivity contribution < 1.29 is 4.74 Å². The van der Waals surface area contributed by atoms with Crippen LogP contribution in [0.15, 0.2) is 42.9 Å². The summed E-state index contributed by atoms with van der Waals surface area (Å²) in [4.78, 5) is 8.89. The van der Waals surface area contributed by atoms with Crippen molar-refractivity contribution in [3.05, 3.63) is 76.3 Å². The van der Waals surface area contributed by atoms with E-state index < -0.39 is 0 Å². The quantitative estimate of drug-likeness (QED) is 0.412. The Morgan fingerprint density at radius 3 is 2.90 bits per heavy atom. The number of aromatic nitrogens is 6. The van der Waals surface area contributed by atoms with Gasteiger partial charge in [-0.1, -0.05) is 17.5 Å². The molecule has 0 saturated heterocycles. The van der Waals surface area contributed by atoms with Gasteiger partial charge in [0.1, 0.15) is 18.6 Å². The third-order valence-corrected chi connectivity index (χ3v) is 5.29. The molecule has 7 nitrogen and oxygen atoms in total. The van der Waals surface area contributed by atoms with E-state index >= 15 is 0 Å². The number of rotatable bonds is 2. The fourth-order valence-corrected chi connectivity index (χ4v) is 3.74. The van der Waals surface area contributed by atoms with Crippen LogP contribution in [0.3, 0.4) is 0 Å². The molecule has 8 heteroatoms. The molecule has 4 heterocycles. The van der Waals surface area contributed by atoms with Crippen LogP contribution in [-0.2, 0) is 17.9 Å². The highest BCUT2D eigenvalue weighted by Crippen LogP contribution is 2.34. The second kappa shape index (κ2) is 7.41. The van der Waals surface area contributed by atoms with Gasteiger partial charge in [0.2, 0.25) is 0 Å². The highest BCUT2D eigenvalue weighted by atomic mass is 35.5. The van der Waals surface area contributed by atoms with Gasteiger partial charge in [0, 0.05) is 29.5 Å². The second-order valence-electron chi connectivity index (χ2n) is 6.92. The van der Waals surface area contributed by atoms with Crippen LogP contribution in [0.2, 0.25) is 5.02 Å². The van der Waals surface area contributed by atoms with E-state index in [1.807, 2.05) is 46.4 Å². The standard InChI is InChI=1S/C22H17ClN6O/c1-14-15(4-3-9-24-14)5-7-18-20-11-28-21(12-30-2)26-27-22(28)17-10-16(23)6-8-19(17)29(20)13-25-18/h3-4,6,8-10,13H,11-12H2,1-2H3. The van der Waals surface area contributed by atoms with Gasteiger partial charge in [-0.2, -0.15) is 0 Å². The Labute approximate surface area is 178 Å². The van der Waals surface area contributed by atoms with Crippen molar-refractivity contribution in [2.75, 3.05) is 7.11 Å². The SMILES string of the molecule is COCc1nnc2n1Cc1c(C#Cc3cccnc3C)ncn1-c1ccc(Cl)cc1-2. The fourth-order valence-electron chi connectivity index (χ4n) is 3.56. The van der Waals surface area contributed by atoms with Crippen molar-refractivity contribution in [3.8, 4) is 28.9 Å². The predicted octanol–water partition coefficient (Wildman–Crippen LogP) is 3.40. The maximum Gasteiger partial charge on any atom is 0.166 e. The van der Waals surface area contributed by atoms with Crippen LogP contribution in [0.5, 0.6) is 0 Å². The molecular formula is C22H17ClN6O. The van der Waals surface area contributed by atoms with Gasteiger partial charge < -0.3 is 9.30 Å². The van der Waals surface area contributed by atoms with Crippen LogP contribution < -0.4 is 0 Å². The Hall–Kier alpha value is -3.47. The van der Waals surface area contributed by atoms with Gasteiger partial charge in [-0.15, -0.1) is 10.2 Å². The number of aryl methyl sites for hydroxylation is 1. The Balaban J connectivity index is 1.70. The number of ether oxygens (including phenoxy) is 1. The summed E-state index contributed by atoms with van der Waals surface area (Å²) >= 11 is 6.29. The minimum Gasteiger partial charge on any atom is -0.377 e. The first-order chi connectivity index (χ1) is 14.7. The molecule has 1 aliphatic rings. The van der Waals surface area contributed by atoms with Gasteiger partial charge >= 0.3 is 0 Å². The molecule has 0 fully saturated rings. The number of methoxy groups -OCH3 is 1. The number of benzene rings is 1. The second-order valence-corrected chi connectivity index (χ2v) is 7.35. The van der Waals surface area contributed by atoms with Crippen molar-refractivity contribution in [3.63, 3.8) is 0 Å². The molecule has 1 aliphatic heterocycles. The zero-order valence-electron chi connectivity index (χ0n) is 16.4. The molecule has 5 rings (SSSR count). The van der Waals surface area contributed by atoms with E-state index in [4.69, 9.17) is 16.3 Å². The molecule has 0 N–H and O–H groups in total. The van der Waals surface area contributed by atoms with E-state index in [2.05, 4.69) is 32.0 Å². The fraction of sp³-hybridized carbons (Fsp3) is 0.182. The number of halogens is 1. The Morgan fingerprint density at radius 2 is 2.07 bits per heavy atom. The monoisotopic (exact) mass is 416 g/mol. The van der Waals surface area contributed by atoms with Crippen LogP contribution in [0.25, 0.3) is 17.1 Å². The highest BCUT2D eigenvalue weighted by Gasteiger charge is 2.25. The first-order valence-corrected chi connectivity index (χ1v) is 9.74. The van der Waals surface area contributed by atoms with Crippen molar-refractivity contribution in [2.24, 2.45) is 0 Å². The predicted molar refractivity (Wildman–Crippen MR) is 112 cm³/mol. The normalized spacial score (nSPS) is 11.7. The summed E-state index contributed by atoms with van der Waals surface area (Å²) in [6.07, 6.45) is 3.55. The number of hydrogen-bond donors (Lipinski definition) is 0. The van der Waals surface area contributed by atoms with Gasteiger partial charge in [-0.3, -0.25) is 9.55 Å². The largest absolute Gasteiger partial charge is 0.377 e. The molecule has 0 aliphatic carbocycles. The average molecular weight is 417 g/mol. The van der Waals surface area contributed by atoms with Crippen molar-refractivity contribution in [1.82, 2.24) is 29.3 Å². The summed E-state index contributed by atoms with van der Waals surface area (Å²) in [5.41, 5.74) is 5.23. The van der Waals surface area contributed by atoms with Gasteiger partial charge in [0.25, 0.3) is 0 Å². The maximum atomic E-state index is 6.29. The molecule has 148 valence electrons. The summed E-state index contributed by atoms with van der Waals surface area (Å²) in [5.74, 6) is 7.90. The van der Waals surface area contributed by atoms with Crippen LogP contribution in [0, 0.1) is 18.8 Å². The molecule has 0 unspecified atom stereocenters. The summed E-state index contributed by atoms with van der Waals surface area (Å²) in [5, 5.41) is 9.36. The molecule has 0 spiro atoms. The third kappa shape index (κ3) is 3.07. The van der Waals surface area contributed by atoms with Crippen molar-refractivity contribution >= 4 is 11.6 Å². The van der Waals surface area contributed by atoms with Gasteiger partial charge in [0.05, 0.1) is 23.6 Å². The number of nitrogens with zero attached hydrogens (tertiary/aromatic N) is 6. The van der Waals surface area contributed by atoms with Crippen LogP contribution in [-0.4, -0.2) is 36.4 Å². The Morgan fingerprint density at radius 1 is 1.17 bits per heavy atom. The molecule has 0 bridgehead atoms. The summed E-state index contributed by atoms with van der Waals surface area (Å²) in [6, 6.07) is 9.55. The Kier molecular flexibility index (Phi) is 4.58. The first kappa shape index (κ1) is 18.6. The smallest absolute Gasteiger partial charge is 0.166 e. The lowest BCUT2D eigenvalue weighted by Gasteiger charge is -2.08. The van der Waals surface area contributed by atoms with E-state index in [1.54, 1.807) is 19.6 Å². The van der Waals surface area contributed by atoms with Gasteiger partial charge in [-0.25, -0.2) is 4.98 Å². The highest BCUT2D eigenvalue weighted by molar-refractivity contribution is 6.31. The lowest BCUT2D eigenvalue weighted by molar-refractivity contribution is 0.174. The Bertz CT molecular complexity index is 1330. The molecule has 30 heavy (non-hydrogen) atoms. The lowest BCUT2D eigenvalue weighted by Crippen LogP contribution is -2.09. The zero-order valence-corrected chi connectivity index (χ0v) is 17.2. The van der Waals surface area contributed by atoms with Crippen molar-refractivity contribution in [2.45, 2.75) is 20.1 Å². The first-order valence-electron chi connectivity index (χ1n) is 9.37. The number of hydrogen-bond acceptors (Lipinski definition) is 5. The van der Waals surface area contributed by atoms with Crippen LogP contribution >= 0.6 is 11.6 Å². The number of fused-ring (bicyclic) bond motifs is 5. The molecule has 3 aromatic heterocycles. The van der Waals surface area contributed by atoms with Crippen LogP contribution in [0.4, 0.5) is 0 Å². The summed E-state index contributed by atoms with van der Waals surface area (Å²) in [7, 11) is 1.64. The molecule has 0 amide bonds. The molecular weight excluding hydrogens is 400 g/mol.